The third kappa shape index (κ3) is 12.4. The van der Waals surface area contributed by atoms with Gasteiger partial charge in [0.25, 0.3) is 0 Å². The Kier molecular flexibility index (Phi) is 9.75. The van der Waals surface area contributed by atoms with Crippen LogP contribution in [0.2, 0.25) is 25.7 Å². The van der Waals surface area contributed by atoms with Crippen LogP contribution in [0.15, 0.2) is 0 Å². The van der Waals surface area contributed by atoms with Crippen molar-refractivity contribution in [2.24, 2.45) is 0 Å². The predicted octanol–water partition coefficient (Wildman–Crippen LogP) is 4.29. The molecule has 160 valence electrons. The summed E-state index contributed by atoms with van der Waals surface area (Å²) >= 11 is 0. The highest BCUT2D eigenvalue weighted by atomic mass is 28.3. The van der Waals surface area contributed by atoms with Crippen LogP contribution < -0.4 is 5.32 Å². The first-order chi connectivity index (χ1) is 12.4. The van der Waals surface area contributed by atoms with Crippen molar-refractivity contribution >= 4 is 14.2 Å². The molecule has 1 saturated carbocycles. The Hall–Kier alpha value is -0.633. The Morgan fingerprint density at radius 2 is 1.78 bits per heavy atom. The Morgan fingerprint density at radius 1 is 1.15 bits per heavy atom. The summed E-state index contributed by atoms with van der Waals surface area (Å²) in [5, 5.41) is 13.7. The zero-order valence-corrected chi connectivity index (χ0v) is 19.2. The molecule has 0 spiro atoms. The van der Waals surface area contributed by atoms with E-state index < -0.39 is 25.4 Å². The lowest BCUT2D eigenvalue weighted by Gasteiger charge is -2.35. The maximum Gasteiger partial charge on any atom is 0.407 e. The first-order valence-corrected chi connectivity index (χ1v) is 14.0. The van der Waals surface area contributed by atoms with E-state index in [9.17, 15) is 9.90 Å². The minimum Gasteiger partial charge on any atom is -0.444 e. The summed E-state index contributed by atoms with van der Waals surface area (Å²) in [5.74, 6) is 0. The minimum atomic E-state index is -1.11. The number of amides is 1. The van der Waals surface area contributed by atoms with Gasteiger partial charge in [-0.1, -0.05) is 38.9 Å². The SMILES string of the molecule is CC(C)(C)OC(=O)NC(COCOCC[Si](C)(C)C)CC1(O)CCCCC1. The molecule has 1 aliphatic carbocycles. The molecule has 1 unspecified atom stereocenters. The Balaban J connectivity index is 2.48. The number of aliphatic hydroxyl groups is 1. The van der Waals surface area contributed by atoms with Crippen molar-refractivity contribution in [2.45, 2.75) is 102 Å². The molecule has 0 saturated heterocycles. The molecule has 0 heterocycles. The van der Waals surface area contributed by atoms with E-state index in [4.69, 9.17) is 14.2 Å². The number of hydrogen-bond acceptors (Lipinski definition) is 5. The average Bonchev–Trinajstić information content (AvgIpc) is 2.47. The molecule has 1 fully saturated rings. The quantitative estimate of drug-likeness (QED) is 0.323. The standard InChI is InChI=1S/C20H41NO5Si/c1-19(2,3)26-18(22)21-17(14-20(23)10-8-7-9-11-20)15-25-16-24-12-13-27(4,5)6/h17,23H,7-16H2,1-6H3,(H,21,22). The maximum absolute atomic E-state index is 12.2. The van der Waals surface area contributed by atoms with Gasteiger partial charge in [-0.2, -0.15) is 0 Å². The fourth-order valence-electron chi connectivity index (χ4n) is 3.19. The van der Waals surface area contributed by atoms with Crippen LogP contribution in [0.5, 0.6) is 0 Å². The van der Waals surface area contributed by atoms with Crippen molar-refractivity contribution in [1.29, 1.82) is 0 Å². The van der Waals surface area contributed by atoms with Gasteiger partial charge >= 0.3 is 6.09 Å². The second kappa shape index (κ2) is 10.8. The van der Waals surface area contributed by atoms with E-state index in [0.717, 1.165) is 38.1 Å². The van der Waals surface area contributed by atoms with Crippen molar-refractivity contribution in [3.63, 3.8) is 0 Å². The molecule has 0 aromatic rings. The van der Waals surface area contributed by atoms with E-state index in [-0.39, 0.29) is 12.8 Å². The normalized spacial score (nSPS) is 18.8. The molecule has 1 aliphatic rings. The van der Waals surface area contributed by atoms with Crippen LogP contribution in [0, 0.1) is 0 Å². The Morgan fingerprint density at radius 3 is 2.33 bits per heavy atom. The number of carbonyl (C=O) groups excluding carboxylic acids is 1. The molecule has 27 heavy (non-hydrogen) atoms. The lowest BCUT2D eigenvalue weighted by atomic mass is 9.80. The molecule has 0 aromatic heterocycles. The van der Waals surface area contributed by atoms with Gasteiger partial charge in [0, 0.05) is 14.7 Å². The number of rotatable bonds is 10. The highest BCUT2D eigenvalue weighted by molar-refractivity contribution is 6.76. The van der Waals surface area contributed by atoms with Gasteiger partial charge in [0.15, 0.2) is 0 Å². The summed E-state index contributed by atoms with van der Waals surface area (Å²) in [6.07, 6.45) is 4.75. The minimum absolute atomic E-state index is 0.204. The van der Waals surface area contributed by atoms with E-state index in [1.165, 1.54) is 0 Å². The van der Waals surface area contributed by atoms with Crippen molar-refractivity contribution < 1.29 is 24.1 Å². The molecular formula is C20H41NO5Si. The van der Waals surface area contributed by atoms with E-state index in [0.29, 0.717) is 19.6 Å². The summed E-state index contributed by atoms with van der Waals surface area (Å²) in [4.78, 5) is 12.2. The summed E-state index contributed by atoms with van der Waals surface area (Å²) in [6.45, 7) is 13.6. The van der Waals surface area contributed by atoms with Crippen molar-refractivity contribution in [3.05, 3.63) is 0 Å². The predicted molar refractivity (Wildman–Crippen MR) is 111 cm³/mol. The molecule has 2 N–H and O–H groups in total. The van der Waals surface area contributed by atoms with Crippen LogP contribution in [-0.4, -0.2) is 56.5 Å². The van der Waals surface area contributed by atoms with Gasteiger partial charge in [-0.15, -0.1) is 0 Å². The second-order valence-corrected chi connectivity index (χ2v) is 15.7. The van der Waals surface area contributed by atoms with Crippen molar-refractivity contribution in [3.8, 4) is 0 Å². The van der Waals surface area contributed by atoms with Crippen LogP contribution in [0.1, 0.15) is 59.3 Å². The van der Waals surface area contributed by atoms with Gasteiger partial charge in [0.2, 0.25) is 0 Å². The topological polar surface area (TPSA) is 77.0 Å². The largest absolute Gasteiger partial charge is 0.444 e. The van der Waals surface area contributed by atoms with Gasteiger partial charge in [-0.3, -0.25) is 0 Å². The molecule has 0 aromatic carbocycles. The van der Waals surface area contributed by atoms with Crippen LogP contribution in [0.25, 0.3) is 0 Å². The molecule has 1 atom stereocenters. The van der Waals surface area contributed by atoms with Gasteiger partial charge < -0.3 is 24.6 Å². The van der Waals surface area contributed by atoms with Gasteiger partial charge in [0.05, 0.1) is 18.2 Å². The molecular weight excluding hydrogens is 362 g/mol. The summed E-state index contributed by atoms with van der Waals surface area (Å²) in [7, 11) is -1.11. The molecule has 7 heteroatoms. The van der Waals surface area contributed by atoms with Gasteiger partial charge in [-0.05, 0) is 46.1 Å². The molecule has 0 radical (unpaired) electrons. The average molecular weight is 404 g/mol. The van der Waals surface area contributed by atoms with Crippen LogP contribution >= 0.6 is 0 Å². The zero-order valence-electron chi connectivity index (χ0n) is 18.2. The van der Waals surface area contributed by atoms with Crippen LogP contribution in [0.3, 0.4) is 0 Å². The Labute approximate surface area is 166 Å². The monoisotopic (exact) mass is 403 g/mol. The molecule has 1 amide bonds. The number of alkyl carbamates (subject to hydrolysis) is 1. The Bertz CT molecular complexity index is 439. The van der Waals surface area contributed by atoms with E-state index in [1.807, 2.05) is 20.8 Å². The van der Waals surface area contributed by atoms with Gasteiger partial charge in [-0.25, -0.2) is 4.79 Å². The molecule has 0 bridgehead atoms. The van der Waals surface area contributed by atoms with Crippen molar-refractivity contribution in [1.82, 2.24) is 5.32 Å². The second-order valence-electron chi connectivity index (χ2n) is 10.0. The highest BCUT2D eigenvalue weighted by Gasteiger charge is 2.33. The van der Waals surface area contributed by atoms with Crippen LogP contribution in [0.4, 0.5) is 4.79 Å². The summed E-state index contributed by atoms with van der Waals surface area (Å²) in [5.41, 5.74) is -1.29. The highest BCUT2D eigenvalue weighted by Crippen LogP contribution is 2.32. The number of ether oxygens (including phenoxy) is 3. The number of nitrogens with one attached hydrogen (secondary N) is 1. The third-order valence-electron chi connectivity index (χ3n) is 4.61. The van der Waals surface area contributed by atoms with Crippen LogP contribution in [-0.2, 0) is 14.2 Å². The summed E-state index contributed by atoms with van der Waals surface area (Å²) in [6, 6.07) is 0.791. The van der Waals surface area contributed by atoms with Crippen molar-refractivity contribution in [2.75, 3.05) is 20.0 Å². The van der Waals surface area contributed by atoms with E-state index >= 15 is 0 Å². The fraction of sp³-hybridized carbons (Fsp3) is 0.950. The molecule has 6 nitrogen and oxygen atoms in total. The van der Waals surface area contributed by atoms with Gasteiger partial charge in [0.1, 0.15) is 12.4 Å². The number of hydrogen-bond donors (Lipinski definition) is 2. The zero-order chi connectivity index (χ0) is 20.6. The van der Waals surface area contributed by atoms with E-state index in [2.05, 4.69) is 25.0 Å². The lowest BCUT2D eigenvalue weighted by Crippen LogP contribution is -2.47. The first-order valence-electron chi connectivity index (χ1n) is 10.3. The lowest BCUT2D eigenvalue weighted by molar-refractivity contribution is -0.0697. The molecule has 1 rings (SSSR count). The summed E-state index contributed by atoms with van der Waals surface area (Å²) < 4.78 is 16.6. The third-order valence-corrected chi connectivity index (χ3v) is 6.32. The smallest absolute Gasteiger partial charge is 0.407 e. The first kappa shape index (κ1) is 24.4. The van der Waals surface area contributed by atoms with E-state index in [1.54, 1.807) is 0 Å². The number of carbonyl (C=O) groups is 1. The fourth-order valence-corrected chi connectivity index (χ4v) is 3.94. The maximum atomic E-state index is 12.2. The molecule has 0 aliphatic heterocycles.